The molecule has 2 rings (SSSR count). The molecule has 3 nitrogen and oxygen atoms in total. The van der Waals surface area contributed by atoms with Gasteiger partial charge in [0, 0.05) is 17.8 Å². The Hall–Kier alpha value is -1.32. The molecule has 0 spiro atoms. The van der Waals surface area contributed by atoms with Crippen LogP contribution >= 0.6 is 0 Å². The monoisotopic (exact) mass is 217 g/mol. The molecule has 1 aromatic heterocycles. The van der Waals surface area contributed by atoms with Gasteiger partial charge < -0.3 is 16.0 Å². The Morgan fingerprint density at radius 1 is 1.31 bits per heavy atom. The lowest BCUT2D eigenvalue weighted by Crippen LogP contribution is -2.17. The van der Waals surface area contributed by atoms with Crippen molar-refractivity contribution < 1.29 is 0 Å². The molecule has 0 radical (unpaired) electrons. The van der Waals surface area contributed by atoms with Gasteiger partial charge in [-0.1, -0.05) is 12.1 Å². The molecule has 0 amide bonds. The van der Waals surface area contributed by atoms with Crippen molar-refractivity contribution in [1.82, 2.24) is 10.3 Å². The number of nitrogens with two attached hydrogens (primary N) is 1. The Bertz CT molecular complexity index is 459. The first-order chi connectivity index (χ1) is 7.79. The van der Waals surface area contributed by atoms with Crippen molar-refractivity contribution in [3.8, 4) is 0 Å². The lowest BCUT2D eigenvalue weighted by molar-refractivity contribution is 0.656. The normalized spacial score (nSPS) is 11.1. The molecular formula is C13H19N3. The van der Waals surface area contributed by atoms with E-state index in [1.165, 1.54) is 22.2 Å². The molecule has 1 aromatic carbocycles. The second-order valence-electron chi connectivity index (χ2n) is 4.19. The summed E-state index contributed by atoms with van der Waals surface area (Å²) in [5.74, 6) is 0. The lowest BCUT2D eigenvalue weighted by Gasteiger charge is -2.03. The molecular weight excluding hydrogens is 198 g/mol. The molecule has 3 heteroatoms. The Kier molecular flexibility index (Phi) is 3.59. The van der Waals surface area contributed by atoms with Gasteiger partial charge in [0.2, 0.25) is 0 Å². The van der Waals surface area contributed by atoms with E-state index in [0.29, 0.717) is 0 Å². The summed E-state index contributed by atoms with van der Waals surface area (Å²) in [5, 5.41) is 4.66. The molecule has 0 saturated heterocycles. The van der Waals surface area contributed by atoms with Gasteiger partial charge in [-0.05, 0) is 49.5 Å². The first kappa shape index (κ1) is 11.2. The first-order valence-corrected chi connectivity index (χ1v) is 5.78. The molecule has 0 bridgehead atoms. The van der Waals surface area contributed by atoms with Crippen LogP contribution in [0.15, 0.2) is 24.3 Å². The molecule has 1 heterocycles. The minimum atomic E-state index is 0.752. The van der Waals surface area contributed by atoms with Crippen molar-refractivity contribution in [1.29, 1.82) is 0 Å². The lowest BCUT2D eigenvalue weighted by atomic mass is 10.1. The maximum Gasteiger partial charge on any atom is 0.0459 e. The van der Waals surface area contributed by atoms with Crippen LogP contribution in [-0.4, -0.2) is 18.1 Å². The van der Waals surface area contributed by atoms with E-state index in [0.717, 1.165) is 26.1 Å². The third-order valence-electron chi connectivity index (χ3n) is 2.71. The van der Waals surface area contributed by atoms with Crippen LogP contribution in [0.5, 0.6) is 0 Å². The number of hydrogen-bond acceptors (Lipinski definition) is 2. The maximum atomic E-state index is 5.44. The van der Waals surface area contributed by atoms with Crippen LogP contribution in [0.3, 0.4) is 0 Å². The third-order valence-corrected chi connectivity index (χ3v) is 2.71. The fourth-order valence-corrected chi connectivity index (χ4v) is 1.89. The molecule has 86 valence electrons. The van der Waals surface area contributed by atoms with E-state index < -0.39 is 0 Å². The number of aromatic nitrogens is 1. The smallest absolute Gasteiger partial charge is 0.0459 e. The van der Waals surface area contributed by atoms with Gasteiger partial charge in [0.25, 0.3) is 0 Å². The molecule has 0 saturated carbocycles. The van der Waals surface area contributed by atoms with Crippen molar-refractivity contribution in [3.63, 3.8) is 0 Å². The summed E-state index contributed by atoms with van der Waals surface area (Å²) in [4.78, 5) is 3.35. The van der Waals surface area contributed by atoms with Crippen LogP contribution in [0.25, 0.3) is 10.9 Å². The van der Waals surface area contributed by atoms with Crippen LogP contribution in [0, 0.1) is 6.92 Å². The van der Waals surface area contributed by atoms with Gasteiger partial charge in [-0.2, -0.15) is 0 Å². The number of benzene rings is 1. The van der Waals surface area contributed by atoms with Gasteiger partial charge >= 0.3 is 0 Å². The Balaban J connectivity index is 2.02. The van der Waals surface area contributed by atoms with Gasteiger partial charge in [0.15, 0.2) is 0 Å². The minimum absolute atomic E-state index is 0.752. The second kappa shape index (κ2) is 5.14. The predicted molar refractivity (Wildman–Crippen MR) is 68.4 cm³/mol. The van der Waals surface area contributed by atoms with Crippen molar-refractivity contribution in [3.05, 3.63) is 35.5 Å². The molecule has 4 N–H and O–H groups in total. The Morgan fingerprint density at radius 3 is 3.00 bits per heavy atom. The van der Waals surface area contributed by atoms with Gasteiger partial charge in [-0.25, -0.2) is 0 Å². The fraction of sp³-hybridized carbons (Fsp3) is 0.385. The molecule has 0 fully saturated rings. The maximum absolute atomic E-state index is 5.44. The van der Waals surface area contributed by atoms with E-state index in [1.54, 1.807) is 0 Å². The highest BCUT2D eigenvalue weighted by molar-refractivity contribution is 5.80. The number of fused-ring (bicyclic) bond motifs is 1. The number of H-pyrrole nitrogens is 1. The second-order valence-corrected chi connectivity index (χ2v) is 4.19. The zero-order valence-electron chi connectivity index (χ0n) is 9.72. The fourth-order valence-electron chi connectivity index (χ4n) is 1.89. The average molecular weight is 217 g/mol. The van der Waals surface area contributed by atoms with Crippen LogP contribution in [-0.2, 0) is 6.54 Å². The van der Waals surface area contributed by atoms with Gasteiger partial charge in [-0.3, -0.25) is 0 Å². The number of aryl methyl sites for hydroxylation is 1. The zero-order valence-corrected chi connectivity index (χ0v) is 9.72. The van der Waals surface area contributed by atoms with E-state index in [1.807, 2.05) is 0 Å². The van der Waals surface area contributed by atoms with E-state index >= 15 is 0 Å². The molecule has 0 aliphatic heterocycles. The van der Waals surface area contributed by atoms with Crippen LogP contribution in [0.1, 0.15) is 17.7 Å². The molecule has 0 aliphatic rings. The highest BCUT2D eigenvalue weighted by Gasteiger charge is 1.99. The topological polar surface area (TPSA) is 53.8 Å². The predicted octanol–water partition coefficient (Wildman–Crippen LogP) is 1.91. The summed E-state index contributed by atoms with van der Waals surface area (Å²) < 4.78 is 0. The molecule has 2 aromatic rings. The molecule has 0 aliphatic carbocycles. The van der Waals surface area contributed by atoms with Crippen molar-refractivity contribution in [2.45, 2.75) is 19.9 Å². The number of nitrogens with one attached hydrogen (secondary N) is 2. The number of rotatable bonds is 5. The number of aromatic amines is 1. The van der Waals surface area contributed by atoms with Gasteiger partial charge in [0.05, 0.1) is 0 Å². The Morgan fingerprint density at radius 2 is 2.19 bits per heavy atom. The standard InChI is InChI=1S/C13H19N3/c1-10-7-12-4-3-11(8-13(12)16-10)9-15-6-2-5-14/h3-4,7-8,15-16H,2,5-6,9,14H2,1H3. The quantitative estimate of drug-likeness (QED) is 0.670. The summed E-state index contributed by atoms with van der Waals surface area (Å²) in [7, 11) is 0. The number of hydrogen-bond donors (Lipinski definition) is 3. The van der Waals surface area contributed by atoms with E-state index in [9.17, 15) is 0 Å². The van der Waals surface area contributed by atoms with Gasteiger partial charge in [0.1, 0.15) is 0 Å². The van der Waals surface area contributed by atoms with Crippen LogP contribution in [0.2, 0.25) is 0 Å². The van der Waals surface area contributed by atoms with E-state index in [2.05, 4.69) is 41.5 Å². The third kappa shape index (κ3) is 2.62. The van der Waals surface area contributed by atoms with E-state index in [-0.39, 0.29) is 0 Å². The Labute approximate surface area is 96.0 Å². The minimum Gasteiger partial charge on any atom is -0.359 e. The summed E-state index contributed by atoms with van der Waals surface area (Å²) in [5.41, 5.74) is 9.18. The van der Waals surface area contributed by atoms with E-state index in [4.69, 9.17) is 5.73 Å². The highest BCUT2D eigenvalue weighted by Crippen LogP contribution is 2.16. The van der Waals surface area contributed by atoms with Crippen molar-refractivity contribution in [2.24, 2.45) is 5.73 Å². The largest absolute Gasteiger partial charge is 0.359 e. The van der Waals surface area contributed by atoms with Crippen molar-refractivity contribution in [2.75, 3.05) is 13.1 Å². The summed E-state index contributed by atoms with van der Waals surface area (Å²) in [6.45, 7) is 4.73. The van der Waals surface area contributed by atoms with Gasteiger partial charge in [-0.15, -0.1) is 0 Å². The molecule has 16 heavy (non-hydrogen) atoms. The van der Waals surface area contributed by atoms with Crippen LogP contribution < -0.4 is 11.1 Å². The average Bonchev–Trinajstić information content (AvgIpc) is 2.64. The molecule has 0 unspecified atom stereocenters. The SMILES string of the molecule is Cc1cc2ccc(CNCCCN)cc2[nH]1. The summed E-state index contributed by atoms with van der Waals surface area (Å²) in [6, 6.07) is 8.71. The van der Waals surface area contributed by atoms with Crippen LogP contribution in [0.4, 0.5) is 0 Å². The molecule has 0 atom stereocenters. The summed E-state index contributed by atoms with van der Waals surface area (Å²) >= 11 is 0. The zero-order chi connectivity index (χ0) is 11.4. The summed E-state index contributed by atoms with van der Waals surface area (Å²) in [6.07, 6.45) is 1.03. The first-order valence-electron chi connectivity index (χ1n) is 5.78. The highest BCUT2D eigenvalue weighted by atomic mass is 14.8. The van der Waals surface area contributed by atoms with Crippen molar-refractivity contribution >= 4 is 10.9 Å².